The second kappa shape index (κ2) is 6.88. The Morgan fingerprint density at radius 3 is 2.95 bits per heavy atom. The molecule has 0 unspecified atom stereocenters. The maximum atomic E-state index is 6.28. The SMILES string of the molecule is NCCCCN1CCc2nc(-c3ccccc3Cl)sc2C1. The second-order valence-corrected chi connectivity index (χ2v) is 6.88. The number of unbranched alkanes of at least 4 members (excludes halogenated alkanes) is 1. The molecule has 0 aliphatic carbocycles. The van der Waals surface area contributed by atoms with Gasteiger partial charge in [-0.05, 0) is 32.0 Å². The molecular formula is C16H20ClN3S. The number of nitrogens with two attached hydrogens (primary N) is 1. The van der Waals surface area contributed by atoms with Gasteiger partial charge < -0.3 is 5.73 Å². The number of hydrogen-bond donors (Lipinski definition) is 1. The minimum absolute atomic E-state index is 0.781. The number of aromatic nitrogens is 1. The summed E-state index contributed by atoms with van der Waals surface area (Å²) in [4.78, 5) is 8.70. The zero-order valence-electron chi connectivity index (χ0n) is 12.0. The van der Waals surface area contributed by atoms with Crippen molar-refractivity contribution in [3.63, 3.8) is 0 Å². The van der Waals surface area contributed by atoms with Gasteiger partial charge in [-0.1, -0.05) is 29.8 Å². The van der Waals surface area contributed by atoms with Crippen LogP contribution in [0.5, 0.6) is 0 Å². The van der Waals surface area contributed by atoms with Gasteiger partial charge in [-0.25, -0.2) is 4.98 Å². The summed E-state index contributed by atoms with van der Waals surface area (Å²) < 4.78 is 0. The Morgan fingerprint density at radius 2 is 2.14 bits per heavy atom. The lowest BCUT2D eigenvalue weighted by Gasteiger charge is -2.25. The van der Waals surface area contributed by atoms with E-state index in [9.17, 15) is 0 Å². The van der Waals surface area contributed by atoms with Gasteiger partial charge in [0.25, 0.3) is 0 Å². The van der Waals surface area contributed by atoms with Crippen LogP contribution in [0.15, 0.2) is 24.3 Å². The molecule has 2 heterocycles. The number of rotatable bonds is 5. The third-order valence-electron chi connectivity index (χ3n) is 3.84. The standard InChI is InChI=1S/C16H20ClN3S/c17-13-6-2-1-5-12(13)16-19-14-7-10-20(9-4-3-8-18)11-15(14)21-16/h1-2,5-6H,3-4,7-11,18H2. The van der Waals surface area contributed by atoms with Crippen LogP contribution in [0.25, 0.3) is 10.6 Å². The molecule has 0 amide bonds. The average molecular weight is 322 g/mol. The van der Waals surface area contributed by atoms with Crippen molar-refractivity contribution in [1.29, 1.82) is 0 Å². The first-order chi connectivity index (χ1) is 10.3. The number of benzene rings is 1. The van der Waals surface area contributed by atoms with E-state index in [0.717, 1.165) is 54.6 Å². The van der Waals surface area contributed by atoms with Crippen LogP contribution in [-0.4, -0.2) is 29.5 Å². The Morgan fingerprint density at radius 1 is 1.29 bits per heavy atom. The molecule has 3 nitrogen and oxygen atoms in total. The normalized spacial score (nSPS) is 15.1. The van der Waals surface area contributed by atoms with E-state index in [-0.39, 0.29) is 0 Å². The molecule has 0 spiro atoms. The molecule has 1 aliphatic heterocycles. The first-order valence-electron chi connectivity index (χ1n) is 7.44. The quantitative estimate of drug-likeness (QED) is 0.856. The summed E-state index contributed by atoms with van der Waals surface area (Å²) >= 11 is 8.06. The van der Waals surface area contributed by atoms with Crippen molar-refractivity contribution in [2.24, 2.45) is 5.73 Å². The van der Waals surface area contributed by atoms with Gasteiger partial charge in [-0.2, -0.15) is 0 Å². The predicted molar refractivity (Wildman–Crippen MR) is 89.8 cm³/mol. The fraction of sp³-hybridized carbons (Fsp3) is 0.438. The summed E-state index contributed by atoms with van der Waals surface area (Å²) in [5.41, 5.74) is 7.87. The number of halogens is 1. The Kier molecular flexibility index (Phi) is 4.91. The molecule has 112 valence electrons. The molecule has 21 heavy (non-hydrogen) atoms. The van der Waals surface area contributed by atoms with Crippen LogP contribution in [0.4, 0.5) is 0 Å². The van der Waals surface area contributed by atoms with E-state index in [1.165, 1.54) is 17.0 Å². The largest absolute Gasteiger partial charge is 0.330 e. The van der Waals surface area contributed by atoms with Gasteiger partial charge in [-0.15, -0.1) is 11.3 Å². The fourth-order valence-corrected chi connectivity index (χ4v) is 4.14. The van der Waals surface area contributed by atoms with Crippen molar-refractivity contribution in [1.82, 2.24) is 9.88 Å². The van der Waals surface area contributed by atoms with Crippen molar-refractivity contribution in [2.75, 3.05) is 19.6 Å². The molecule has 1 aromatic heterocycles. The van der Waals surface area contributed by atoms with Crippen LogP contribution in [0.1, 0.15) is 23.4 Å². The van der Waals surface area contributed by atoms with Crippen LogP contribution in [0.2, 0.25) is 5.02 Å². The van der Waals surface area contributed by atoms with Crippen molar-refractivity contribution in [3.05, 3.63) is 39.9 Å². The lowest BCUT2D eigenvalue weighted by atomic mass is 10.1. The number of nitrogens with zero attached hydrogens (tertiary/aromatic N) is 2. The maximum absolute atomic E-state index is 6.28. The minimum Gasteiger partial charge on any atom is -0.330 e. The van der Waals surface area contributed by atoms with Gasteiger partial charge in [0.2, 0.25) is 0 Å². The summed E-state index contributed by atoms with van der Waals surface area (Å²) in [6.45, 7) is 4.04. The summed E-state index contributed by atoms with van der Waals surface area (Å²) in [6, 6.07) is 7.95. The van der Waals surface area contributed by atoms with Gasteiger partial charge in [0.15, 0.2) is 0 Å². The van der Waals surface area contributed by atoms with E-state index in [4.69, 9.17) is 22.3 Å². The smallest absolute Gasteiger partial charge is 0.125 e. The molecule has 1 aromatic carbocycles. The van der Waals surface area contributed by atoms with Crippen LogP contribution >= 0.6 is 22.9 Å². The molecule has 0 bridgehead atoms. The summed E-state index contributed by atoms with van der Waals surface area (Å²) in [7, 11) is 0. The average Bonchev–Trinajstić information content (AvgIpc) is 2.91. The van der Waals surface area contributed by atoms with E-state index >= 15 is 0 Å². The first kappa shape index (κ1) is 15.0. The van der Waals surface area contributed by atoms with E-state index in [1.54, 1.807) is 11.3 Å². The van der Waals surface area contributed by atoms with E-state index in [1.807, 2.05) is 24.3 Å². The molecule has 0 atom stereocenters. The zero-order valence-corrected chi connectivity index (χ0v) is 13.6. The number of thiazole rings is 1. The second-order valence-electron chi connectivity index (χ2n) is 5.39. The van der Waals surface area contributed by atoms with Gasteiger partial charge in [0.05, 0.1) is 10.7 Å². The lowest BCUT2D eigenvalue weighted by Crippen LogP contribution is -2.31. The van der Waals surface area contributed by atoms with E-state index < -0.39 is 0 Å². The Labute approximate surface area is 134 Å². The summed E-state index contributed by atoms with van der Waals surface area (Å²) in [5, 5.41) is 1.83. The van der Waals surface area contributed by atoms with Crippen LogP contribution in [-0.2, 0) is 13.0 Å². The maximum Gasteiger partial charge on any atom is 0.125 e. The van der Waals surface area contributed by atoms with Gasteiger partial charge in [0, 0.05) is 30.0 Å². The van der Waals surface area contributed by atoms with Gasteiger partial charge >= 0.3 is 0 Å². The molecule has 0 saturated carbocycles. The minimum atomic E-state index is 0.781. The van der Waals surface area contributed by atoms with Gasteiger partial charge in [-0.3, -0.25) is 4.90 Å². The highest BCUT2D eigenvalue weighted by Crippen LogP contribution is 2.35. The molecule has 5 heteroatoms. The Hall–Kier alpha value is -0.940. The third kappa shape index (κ3) is 3.46. The first-order valence-corrected chi connectivity index (χ1v) is 8.63. The molecule has 2 aromatic rings. The molecule has 1 aliphatic rings. The Bertz CT molecular complexity index is 611. The highest BCUT2D eigenvalue weighted by Gasteiger charge is 2.21. The molecule has 0 radical (unpaired) electrons. The number of fused-ring (bicyclic) bond motifs is 1. The number of hydrogen-bond acceptors (Lipinski definition) is 4. The third-order valence-corrected chi connectivity index (χ3v) is 5.29. The highest BCUT2D eigenvalue weighted by molar-refractivity contribution is 7.15. The highest BCUT2D eigenvalue weighted by atomic mass is 35.5. The molecular weight excluding hydrogens is 302 g/mol. The zero-order chi connectivity index (χ0) is 14.7. The van der Waals surface area contributed by atoms with Crippen LogP contribution in [0.3, 0.4) is 0 Å². The monoisotopic (exact) mass is 321 g/mol. The van der Waals surface area contributed by atoms with Crippen LogP contribution in [0, 0.1) is 0 Å². The lowest BCUT2D eigenvalue weighted by molar-refractivity contribution is 0.251. The van der Waals surface area contributed by atoms with E-state index in [2.05, 4.69) is 4.90 Å². The van der Waals surface area contributed by atoms with Crippen molar-refractivity contribution < 1.29 is 0 Å². The van der Waals surface area contributed by atoms with E-state index in [0.29, 0.717) is 0 Å². The van der Waals surface area contributed by atoms with Crippen molar-refractivity contribution in [2.45, 2.75) is 25.8 Å². The summed E-state index contributed by atoms with van der Waals surface area (Å²) in [5.74, 6) is 0. The predicted octanol–water partition coefficient (Wildman–Crippen LogP) is 3.56. The molecule has 2 N–H and O–H groups in total. The topological polar surface area (TPSA) is 42.1 Å². The van der Waals surface area contributed by atoms with Crippen molar-refractivity contribution >= 4 is 22.9 Å². The Balaban J connectivity index is 1.74. The van der Waals surface area contributed by atoms with Crippen molar-refractivity contribution in [3.8, 4) is 10.6 Å². The summed E-state index contributed by atoms with van der Waals surface area (Å²) in [6.07, 6.45) is 3.33. The van der Waals surface area contributed by atoms with Crippen LogP contribution < -0.4 is 5.73 Å². The van der Waals surface area contributed by atoms with Gasteiger partial charge in [0.1, 0.15) is 5.01 Å². The molecule has 0 saturated heterocycles. The fourth-order valence-electron chi connectivity index (χ4n) is 2.67. The molecule has 0 fully saturated rings. The molecule has 3 rings (SSSR count).